The van der Waals surface area contributed by atoms with Crippen molar-refractivity contribution in [3.05, 3.63) is 29.5 Å². The predicted molar refractivity (Wildman–Crippen MR) is 46.7 cm³/mol. The molecule has 0 spiro atoms. The summed E-state index contributed by atoms with van der Waals surface area (Å²) >= 11 is 0. The van der Waals surface area contributed by atoms with Gasteiger partial charge in [0.05, 0.1) is 0 Å². The molecule has 2 rings (SSSR count). The summed E-state index contributed by atoms with van der Waals surface area (Å²) in [6.45, 7) is 0. The van der Waals surface area contributed by atoms with E-state index in [0.29, 0.717) is 0 Å². The highest BCUT2D eigenvalue weighted by Crippen LogP contribution is 2.30. The van der Waals surface area contributed by atoms with Crippen LogP contribution in [0.15, 0.2) is 23.9 Å². The van der Waals surface area contributed by atoms with E-state index < -0.39 is 0 Å². The number of hydrogen-bond donors (Lipinski definition) is 0. The van der Waals surface area contributed by atoms with Crippen molar-refractivity contribution in [2.45, 2.75) is 6.42 Å². The van der Waals surface area contributed by atoms with E-state index in [2.05, 4.69) is 4.79 Å². The van der Waals surface area contributed by atoms with Gasteiger partial charge in [-0.25, -0.2) is 0 Å². The van der Waals surface area contributed by atoms with Crippen molar-refractivity contribution in [1.29, 1.82) is 0 Å². The van der Waals surface area contributed by atoms with Crippen molar-refractivity contribution >= 4 is 11.6 Å². The van der Waals surface area contributed by atoms with E-state index in [1.165, 1.54) is 4.90 Å². The normalized spacial score (nSPS) is 25.8. The second kappa shape index (κ2) is 2.68. The monoisotopic (exact) mass is 175 g/mol. The van der Waals surface area contributed by atoms with Crippen molar-refractivity contribution in [3.8, 4) is 0 Å². The number of allylic oxidation sites excluding steroid dienone is 4. The summed E-state index contributed by atoms with van der Waals surface area (Å²) in [5.74, 6) is -0.255. The van der Waals surface area contributed by atoms with Gasteiger partial charge in [0, 0.05) is 12.7 Å². The van der Waals surface area contributed by atoms with Gasteiger partial charge in [0.1, 0.15) is 5.92 Å². The van der Waals surface area contributed by atoms with Crippen LogP contribution in [0.1, 0.15) is 6.42 Å². The molecule has 4 heteroatoms. The molecule has 0 N–H and O–H groups in total. The minimum Gasteiger partial charge on any atom is -0.361 e. The molecule has 4 nitrogen and oxygen atoms in total. The molecule has 1 heterocycles. The molecule has 1 amide bonds. The van der Waals surface area contributed by atoms with Gasteiger partial charge in [-0.1, -0.05) is 12.2 Å². The Morgan fingerprint density at radius 2 is 2.46 bits per heavy atom. The van der Waals surface area contributed by atoms with Gasteiger partial charge in [0.15, 0.2) is 0 Å². The number of fused-ring (bicyclic) bond motifs is 1. The molecule has 0 saturated carbocycles. The predicted octanol–water partition coefficient (Wildman–Crippen LogP) is 0.589. The molecule has 2 aliphatic rings. The van der Waals surface area contributed by atoms with Crippen LogP contribution in [0.3, 0.4) is 0 Å². The summed E-state index contributed by atoms with van der Waals surface area (Å²) in [6, 6.07) is 0. The van der Waals surface area contributed by atoms with Gasteiger partial charge in [0.25, 0.3) is 0 Å². The fraction of sp³-hybridized carbons (Fsp3) is 0.333. The summed E-state index contributed by atoms with van der Waals surface area (Å²) in [5, 5.41) is 0. The van der Waals surface area contributed by atoms with E-state index >= 15 is 0 Å². The fourth-order valence-corrected chi connectivity index (χ4v) is 1.77. The van der Waals surface area contributed by atoms with Gasteiger partial charge in [-0.3, -0.25) is 4.79 Å². The van der Waals surface area contributed by atoms with Gasteiger partial charge in [-0.05, 0) is 12.5 Å². The van der Waals surface area contributed by atoms with Gasteiger partial charge in [0.2, 0.25) is 0 Å². The van der Waals surface area contributed by atoms with Gasteiger partial charge in [-0.2, -0.15) is 4.79 Å². The molecule has 1 unspecified atom stereocenters. The van der Waals surface area contributed by atoms with Gasteiger partial charge < -0.3 is 10.4 Å². The van der Waals surface area contributed by atoms with E-state index in [-0.39, 0.29) is 17.5 Å². The number of rotatable bonds is 0. The number of carbonyl (C=O) groups excluding carboxylic acids is 1. The summed E-state index contributed by atoms with van der Waals surface area (Å²) in [5.41, 5.74) is 9.85. The number of hydrogen-bond acceptors (Lipinski definition) is 1. The van der Waals surface area contributed by atoms with E-state index in [9.17, 15) is 4.79 Å². The second-order valence-corrected chi connectivity index (χ2v) is 3.16. The minimum absolute atomic E-state index is 0.0486. The largest absolute Gasteiger partial charge is 0.365 e. The van der Waals surface area contributed by atoms with E-state index in [0.717, 1.165) is 12.1 Å². The maximum Gasteiger partial charge on any atom is 0.365 e. The van der Waals surface area contributed by atoms with Crippen molar-refractivity contribution in [1.82, 2.24) is 4.90 Å². The number of amides is 1. The van der Waals surface area contributed by atoms with Crippen LogP contribution in [0.4, 0.5) is 0 Å². The first-order chi connectivity index (χ1) is 6.25. The maximum atomic E-state index is 11.5. The summed E-state index contributed by atoms with van der Waals surface area (Å²) < 4.78 is 0. The van der Waals surface area contributed by atoms with Crippen molar-refractivity contribution in [2.24, 2.45) is 5.92 Å². The lowest BCUT2D eigenvalue weighted by molar-refractivity contribution is -0.124. The molecule has 1 aliphatic carbocycles. The molecule has 1 aliphatic heterocycles. The molecule has 66 valence electrons. The first-order valence-electron chi connectivity index (χ1n) is 4.12. The number of carbonyl (C=O) groups is 1. The smallest absolute Gasteiger partial charge is 0.361 e. The lowest BCUT2D eigenvalue weighted by Crippen LogP contribution is -2.22. The highest BCUT2D eigenvalue weighted by Gasteiger charge is 2.45. The molecule has 0 radical (unpaired) electrons. The SMILES string of the molecule is CN1C(=O)C(=[N+]=[N-])C2CC=CC=C21. The Morgan fingerprint density at radius 1 is 1.69 bits per heavy atom. The average molecular weight is 175 g/mol. The van der Waals surface area contributed by atoms with Gasteiger partial charge >= 0.3 is 11.6 Å². The van der Waals surface area contributed by atoms with Crippen LogP contribution in [-0.4, -0.2) is 28.4 Å². The lowest BCUT2D eigenvalue weighted by atomic mass is 9.95. The third-order valence-electron chi connectivity index (χ3n) is 2.48. The molecule has 1 atom stereocenters. The lowest BCUT2D eigenvalue weighted by Gasteiger charge is -2.13. The van der Waals surface area contributed by atoms with Crippen molar-refractivity contribution in [3.63, 3.8) is 0 Å². The van der Waals surface area contributed by atoms with Crippen LogP contribution in [0.2, 0.25) is 0 Å². The molecule has 13 heavy (non-hydrogen) atoms. The van der Waals surface area contributed by atoms with Gasteiger partial charge in [-0.15, -0.1) is 0 Å². The first-order valence-corrected chi connectivity index (χ1v) is 4.12. The standard InChI is InChI=1S/C9H9N3O/c1-12-7-5-3-2-4-6(7)8(11-10)9(12)13/h2-3,5-6H,4H2,1H3. The highest BCUT2D eigenvalue weighted by molar-refractivity contribution is 6.40. The summed E-state index contributed by atoms with van der Waals surface area (Å²) in [6.07, 6.45) is 6.49. The average Bonchev–Trinajstić information content (AvgIpc) is 2.41. The Morgan fingerprint density at radius 3 is 3.15 bits per heavy atom. The van der Waals surface area contributed by atoms with E-state index in [1.807, 2.05) is 18.2 Å². The minimum atomic E-state index is -0.206. The van der Waals surface area contributed by atoms with E-state index in [1.54, 1.807) is 7.05 Å². The molecule has 0 aromatic carbocycles. The van der Waals surface area contributed by atoms with Crippen molar-refractivity contribution < 1.29 is 9.58 Å². The van der Waals surface area contributed by atoms with Crippen molar-refractivity contribution in [2.75, 3.05) is 7.05 Å². The summed E-state index contributed by atoms with van der Waals surface area (Å²) in [4.78, 5) is 16.1. The molecule has 1 fully saturated rings. The third-order valence-corrected chi connectivity index (χ3v) is 2.48. The Balaban J connectivity index is 2.52. The first kappa shape index (κ1) is 7.95. The zero-order chi connectivity index (χ0) is 9.42. The van der Waals surface area contributed by atoms with Crippen LogP contribution in [0.5, 0.6) is 0 Å². The summed E-state index contributed by atoms with van der Waals surface area (Å²) in [7, 11) is 1.69. The fourth-order valence-electron chi connectivity index (χ4n) is 1.77. The van der Waals surface area contributed by atoms with E-state index in [4.69, 9.17) is 5.53 Å². The maximum absolute atomic E-state index is 11.5. The second-order valence-electron chi connectivity index (χ2n) is 3.16. The molecule has 0 aromatic rings. The third kappa shape index (κ3) is 0.960. The van der Waals surface area contributed by atoms with Crippen LogP contribution < -0.4 is 0 Å². The molecular weight excluding hydrogens is 166 g/mol. The zero-order valence-corrected chi connectivity index (χ0v) is 7.27. The number of nitrogens with zero attached hydrogens (tertiary/aromatic N) is 3. The quantitative estimate of drug-likeness (QED) is 0.392. The topological polar surface area (TPSA) is 56.7 Å². The van der Waals surface area contributed by atoms with Crippen LogP contribution in [-0.2, 0) is 4.79 Å². The molecular formula is C9H9N3O. The molecule has 0 bridgehead atoms. The van der Waals surface area contributed by atoms with Crippen LogP contribution in [0.25, 0.3) is 5.53 Å². The van der Waals surface area contributed by atoms with Crippen LogP contribution in [0, 0.1) is 5.92 Å². The van der Waals surface area contributed by atoms with Crippen LogP contribution >= 0.6 is 0 Å². The zero-order valence-electron chi connectivity index (χ0n) is 7.27. The Bertz CT molecular complexity index is 374. The molecule has 0 aromatic heterocycles. The highest BCUT2D eigenvalue weighted by atomic mass is 16.2. The number of likely N-dealkylation sites (tertiary alicyclic amines) is 1. The Kier molecular flexibility index (Phi) is 1.64. The Hall–Kier alpha value is -1.67. The Labute approximate surface area is 75.8 Å². The molecule has 1 saturated heterocycles.